The molecule has 1 atom stereocenters. The molecule has 2 amide bonds. The maximum Gasteiger partial charge on any atom is 0.407 e. The number of nitrogens with one attached hydrogen (secondary N) is 1. The number of fused-ring (bicyclic) bond motifs is 3. The number of aliphatic carboxylic acids is 1. The number of ether oxygens (including phenoxy) is 1. The average molecular weight is 479 g/mol. The molecule has 4 rings (SSSR count). The van der Waals surface area contributed by atoms with Gasteiger partial charge in [-0.15, -0.1) is 0 Å². The van der Waals surface area contributed by atoms with Crippen LogP contribution in [0.4, 0.5) is 4.79 Å². The number of piperidine rings is 1. The number of likely N-dealkylation sites (tertiary alicyclic amines) is 1. The molecule has 7 nitrogen and oxygen atoms in total. The summed E-state index contributed by atoms with van der Waals surface area (Å²) in [4.78, 5) is 37.4. The van der Waals surface area contributed by atoms with E-state index in [-0.39, 0.29) is 11.8 Å². The number of rotatable bonds is 10. The molecule has 1 aliphatic heterocycles. The Kier molecular flexibility index (Phi) is 8.40. The smallest absolute Gasteiger partial charge is 0.407 e. The molecular formula is C28H34N2O5. The summed E-state index contributed by atoms with van der Waals surface area (Å²) in [5, 5.41) is 12.0. The zero-order valence-corrected chi connectivity index (χ0v) is 20.1. The summed E-state index contributed by atoms with van der Waals surface area (Å²) >= 11 is 0. The topological polar surface area (TPSA) is 95.9 Å². The molecule has 1 saturated heterocycles. The summed E-state index contributed by atoms with van der Waals surface area (Å²) in [7, 11) is 0. The number of unbranched alkanes of at least 4 members (excludes halogenated alkanes) is 3. The lowest BCUT2D eigenvalue weighted by Gasteiger charge is -2.30. The van der Waals surface area contributed by atoms with E-state index in [1.165, 1.54) is 22.3 Å². The fourth-order valence-corrected chi connectivity index (χ4v) is 5.16. The van der Waals surface area contributed by atoms with Crippen LogP contribution in [-0.2, 0) is 14.3 Å². The van der Waals surface area contributed by atoms with Crippen LogP contribution in [0.2, 0.25) is 0 Å². The van der Waals surface area contributed by atoms with Crippen LogP contribution in [0.15, 0.2) is 48.5 Å². The average Bonchev–Trinajstić information content (AvgIpc) is 3.20. The standard InChI is InChI=1S/C28H34N2O5/c31-26(30-17-9-10-20(18-30)27(32)33)15-3-1-2-8-16-29-28(34)35-19-25-23-13-6-4-11-21(23)22-12-5-7-14-24(22)25/h4-7,11-14,20,25H,1-3,8-10,15-19H2,(H,29,34)(H,32,33)/t20-/m0/s1. The number of nitrogens with zero attached hydrogens (tertiary/aromatic N) is 1. The van der Waals surface area contributed by atoms with Crippen molar-refractivity contribution in [3.8, 4) is 11.1 Å². The van der Waals surface area contributed by atoms with E-state index in [4.69, 9.17) is 9.84 Å². The second-order valence-corrected chi connectivity index (χ2v) is 9.43. The normalized spacial score (nSPS) is 16.9. The van der Waals surface area contributed by atoms with Gasteiger partial charge in [-0.05, 0) is 47.9 Å². The lowest BCUT2D eigenvalue weighted by Crippen LogP contribution is -2.42. The van der Waals surface area contributed by atoms with Crippen molar-refractivity contribution in [3.63, 3.8) is 0 Å². The van der Waals surface area contributed by atoms with Crippen LogP contribution in [0, 0.1) is 5.92 Å². The van der Waals surface area contributed by atoms with Crippen LogP contribution in [0.25, 0.3) is 11.1 Å². The lowest BCUT2D eigenvalue weighted by molar-refractivity contribution is -0.145. The molecule has 186 valence electrons. The van der Waals surface area contributed by atoms with E-state index >= 15 is 0 Å². The second-order valence-electron chi connectivity index (χ2n) is 9.43. The van der Waals surface area contributed by atoms with Crippen molar-refractivity contribution >= 4 is 18.0 Å². The highest BCUT2D eigenvalue weighted by Crippen LogP contribution is 2.44. The number of carbonyl (C=O) groups excluding carboxylic acids is 2. The molecule has 2 aromatic rings. The summed E-state index contributed by atoms with van der Waals surface area (Å²) in [6.45, 7) is 1.84. The van der Waals surface area contributed by atoms with Crippen molar-refractivity contribution in [1.29, 1.82) is 0 Å². The van der Waals surface area contributed by atoms with Crippen molar-refractivity contribution in [3.05, 3.63) is 59.7 Å². The quantitative estimate of drug-likeness (QED) is 0.478. The molecule has 0 aromatic heterocycles. The molecule has 1 aliphatic carbocycles. The van der Waals surface area contributed by atoms with Crippen LogP contribution in [-0.4, -0.2) is 54.2 Å². The van der Waals surface area contributed by atoms with Crippen LogP contribution >= 0.6 is 0 Å². The van der Waals surface area contributed by atoms with Crippen molar-refractivity contribution in [2.75, 3.05) is 26.2 Å². The number of carbonyl (C=O) groups is 3. The van der Waals surface area contributed by atoms with Gasteiger partial charge in [-0.3, -0.25) is 9.59 Å². The molecule has 1 heterocycles. The van der Waals surface area contributed by atoms with E-state index in [1.54, 1.807) is 4.90 Å². The van der Waals surface area contributed by atoms with E-state index in [0.717, 1.165) is 32.1 Å². The van der Waals surface area contributed by atoms with E-state index in [0.29, 0.717) is 39.1 Å². The van der Waals surface area contributed by atoms with Crippen molar-refractivity contribution in [1.82, 2.24) is 10.2 Å². The van der Waals surface area contributed by atoms with Gasteiger partial charge in [-0.1, -0.05) is 61.4 Å². The van der Waals surface area contributed by atoms with Gasteiger partial charge in [0.15, 0.2) is 0 Å². The summed E-state index contributed by atoms with van der Waals surface area (Å²) in [5.74, 6) is -1.15. The van der Waals surface area contributed by atoms with Gasteiger partial charge in [0.05, 0.1) is 5.92 Å². The summed E-state index contributed by atoms with van der Waals surface area (Å²) in [6.07, 6.45) is 4.86. The van der Waals surface area contributed by atoms with Gasteiger partial charge in [0.1, 0.15) is 6.61 Å². The minimum atomic E-state index is -0.814. The monoisotopic (exact) mass is 478 g/mol. The minimum absolute atomic E-state index is 0.0488. The zero-order valence-electron chi connectivity index (χ0n) is 20.1. The van der Waals surface area contributed by atoms with Crippen LogP contribution in [0.5, 0.6) is 0 Å². The molecule has 0 unspecified atom stereocenters. The highest BCUT2D eigenvalue weighted by molar-refractivity contribution is 5.79. The fraction of sp³-hybridized carbons (Fsp3) is 0.464. The Morgan fingerprint density at radius 3 is 2.29 bits per heavy atom. The van der Waals surface area contributed by atoms with E-state index in [1.807, 2.05) is 24.3 Å². The number of carboxylic acids is 1. The zero-order chi connectivity index (χ0) is 24.6. The molecule has 0 saturated carbocycles. The minimum Gasteiger partial charge on any atom is -0.481 e. The highest BCUT2D eigenvalue weighted by Gasteiger charge is 2.29. The predicted molar refractivity (Wildman–Crippen MR) is 133 cm³/mol. The van der Waals surface area contributed by atoms with Gasteiger partial charge in [0, 0.05) is 32.0 Å². The van der Waals surface area contributed by atoms with E-state index in [2.05, 4.69) is 29.6 Å². The second kappa shape index (κ2) is 11.9. The van der Waals surface area contributed by atoms with Gasteiger partial charge in [-0.2, -0.15) is 0 Å². The molecule has 2 aliphatic rings. The summed E-state index contributed by atoms with van der Waals surface area (Å²) in [5.41, 5.74) is 4.80. The third kappa shape index (κ3) is 6.21. The fourth-order valence-electron chi connectivity index (χ4n) is 5.16. The number of hydrogen-bond donors (Lipinski definition) is 2. The van der Waals surface area contributed by atoms with Gasteiger partial charge < -0.3 is 20.1 Å². The van der Waals surface area contributed by atoms with Crippen molar-refractivity contribution in [2.24, 2.45) is 5.92 Å². The Bertz CT molecular complexity index is 1010. The first-order valence-electron chi connectivity index (χ1n) is 12.6. The molecule has 0 radical (unpaired) electrons. The Morgan fingerprint density at radius 1 is 0.943 bits per heavy atom. The van der Waals surface area contributed by atoms with Gasteiger partial charge in [0.25, 0.3) is 0 Å². The number of benzene rings is 2. The van der Waals surface area contributed by atoms with Crippen molar-refractivity contribution in [2.45, 2.75) is 50.9 Å². The van der Waals surface area contributed by atoms with Gasteiger partial charge in [0.2, 0.25) is 5.91 Å². The Hall–Kier alpha value is -3.35. The molecule has 7 heteroatoms. The summed E-state index contributed by atoms with van der Waals surface area (Å²) in [6, 6.07) is 16.5. The number of hydrogen-bond acceptors (Lipinski definition) is 4. The molecule has 1 fully saturated rings. The summed E-state index contributed by atoms with van der Waals surface area (Å²) < 4.78 is 5.55. The Labute approximate surface area is 206 Å². The molecule has 2 aromatic carbocycles. The van der Waals surface area contributed by atoms with E-state index < -0.39 is 18.0 Å². The third-order valence-electron chi connectivity index (χ3n) is 7.05. The SMILES string of the molecule is O=C(NCCCCCCC(=O)N1CCC[C@H](C(=O)O)C1)OCC1c2ccccc2-c2ccccc21. The third-order valence-corrected chi connectivity index (χ3v) is 7.05. The van der Waals surface area contributed by atoms with Gasteiger partial charge in [-0.25, -0.2) is 4.79 Å². The first-order chi connectivity index (χ1) is 17.0. The largest absolute Gasteiger partial charge is 0.481 e. The Balaban J connectivity index is 1.10. The maximum atomic E-state index is 12.3. The van der Waals surface area contributed by atoms with E-state index in [9.17, 15) is 14.4 Å². The highest BCUT2D eigenvalue weighted by atomic mass is 16.5. The van der Waals surface area contributed by atoms with Crippen LogP contribution in [0.3, 0.4) is 0 Å². The molecular weight excluding hydrogens is 444 g/mol. The molecule has 2 N–H and O–H groups in total. The van der Waals surface area contributed by atoms with Crippen molar-refractivity contribution < 1.29 is 24.2 Å². The number of alkyl carbamates (subject to hydrolysis) is 1. The van der Waals surface area contributed by atoms with Gasteiger partial charge >= 0.3 is 12.1 Å². The molecule has 0 bridgehead atoms. The first kappa shape index (κ1) is 24.8. The molecule has 35 heavy (non-hydrogen) atoms. The maximum absolute atomic E-state index is 12.3. The number of amides is 2. The Morgan fingerprint density at radius 2 is 1.60 bits per heavy atom. The number of carboxylic acid groups (broad SMARTS) is 1. The van der Waals surface area contributed by atoms with Crippen LogP contribution < -0.4 is 5.32 Å². The predicted octanol–water partition coefficient (Wildman–Crippen LogP) is 4.80. The van der Waals surface area contributed by atoms with Crippen LogP contribution in [0.1, 0.15) is 62.0 Å². The molecule has 0 spiro atoms. The lowest BCUT2D eigenvalue weighted by atomic mass is 9.98. The first-order valence-corrected chi connectivity index (χ1v) is 12.6.